The van der Waals surface area contributed by atoms with Crippen molar-refractivity contribution in [1.82, 2.24) is 5.32 Å². The molecular weight excluding hydrogens is 543 g/mol. The fourth-order valence-corrected chi connectivity index (χ4v) is 4.74. The van der Waals surface area contributed by atoms with Gasteiger partial charge in [-0.1, -0.05) is 49.4 Å². The molecular formula is C29H41N2NaO7S. The monoisotopic (exact) mass is 584 g/mol. The van der Waals surface area contributed by atoms with Crippen molar-refractivity contribution in [3.05, 3.63) is 60.2 Å². The van der Waals surface area contributed by atoms with E-state index in [1.165, 1.54) is 6.92 Å². The largest absolute Gasteiger partial charge is 1.00 e. The second kappa shape index (κ2) is 22.7. The summed E-state index contributed by atoms with van der Waals surface area (Å²) in [6, 6.07) is 17.5. The van der Waals surface area contributed by atoms with Crippen LogP contribution in [0, 0.1) is 0 Å². The van der Waals surface area contributed by atoms with Crippen LogP contribution in [0.4, 0.5) is 0 Å². The summed E-state index contributed by atoms with van der Waals surface area (Å²) >= 11 is 1.91. The van der Waals surface area contributed by atoms with Crippen molar-refractivity contribution in [3.63, 3.8) is 0 Å². The molecule has 2 aromatic rings. The molecule has 11 heteroatoms. The number of nitrogens with one attached hydrogen (secondary N) is 1. The molecule has 1 saturated heterocycles. The van der Waals surface area contributed by atoms with Crippen molar-refractivity contribution >= 4 is 30.0 Å². The molecule has 1 heterocycles. The number of amides is 2. The van der Waals surface area contributed by atoms with Crippen LogP contribution in [0.1, 0.15) is 56.3 Å². The molecule has 0 bridgehead atoms. The van der Waals surface area contributed by atoms with Crippen LogP contribution in [0.3, 0.4) is 0 Å². The minimum Gasteiger partial charge on any atom is -0.554 e. The van der Waals surface area contributed by atoms with Crippen LogP contribution >= 0.6 is 11.8 Å². The summed E-state index contributed by atoms with van der Waals surface area (Å²) in [4.78, 5) is 29.9. The first-order chi connectivity index (χ1) is 18.7. The van der Waals surface area contributed by atoms with Gasteiger partial charge in [-0.05, 0) is 60.4 Å². The van der Waals surface area contributed by atoms with Crippen LogP contribution in [0.5, 0.6) is 0 Å². The predicted molar refractivity (Wildman–Crippen MR) is 152 cm³/mol. The minimum atomic E-state index is -0.710. The summed E-state index contributed by atoms with van der Waals surface area (Å²) in [5, 5.41) is 31.9. The third-order valence-corrected chi connectivity index (χ3v) is 6.82. The molecule has 0 radical (unpaired) electrons. The maximum atomic E-state index is 12.5. The average molecular weight is 585 g/mol. The maximum absolute atomic E-state index is 12.5. The van der Waals surface area contributed by atoms with Gasteiger partial charge in [0, 0.05) is 31.9 Å². The molecule has 40 heavy (non-hydrogen) atoms. The smallest absolute Gasteiger partial charge is 0.554 e. The quantitative estimate of drug-likeness (QED) is 0.151. The summed E-state index contributed by atoms with van der Waals surface area (Å²) in [6.45, 7) is 3.31. The molecule has 3 rings (SSSR count). The van der Waals surface area contributed by atoms with E-state index >= 15 is 0 Å². The third kappa shape index (κ3) is 16.4. The molecule has 0 aliphatic carbocycles. The van der Waals surface area contributed by atoms with E-state index in [1.54, 1.807) is 0 Å². The van der Waals surface area contributed by atoms with E-state index in [4.69, 9.17) is 14.6 Å². The van der Waals surface area contributed by atoms with Crippen molar-refractivity contribution < 1.29 is 64.0 Å². The van der Waals surface area contributed by atoms with Crippen LogP contribution in [0.15, 0.2) is 54.6 Å². The Morgan fingerprint density at radius 3 is 2.30 bits per heavy atom. The number of benzene rings is 2. The molecule has 0 aromatic heterocycles. The number of ether oxygens (including phenoxy) is 1. The van der Waals surface area contributed by atoms with Crippen molar-refractivity contribution in [2.24, 2.45) is 5.73 Å². The first-order valence-corrected chi connectivity index (χ1v) is 14.2. The second-order valence-electron chi connectivity index (χ2n) is 9.02. The van der Waals surface area contributed by atoms with E-state index in [1.807, 2.05) is 66.4 Å². The van der Waals surface area contributed by atoms with Gasteiger partial charge < -0.3 is 35.9 Å². The molecule has 0 saturated carbocycles. The first kappa shape index (κ1) is 38.1. The Labute approximate surface area is 263 Å². The number of carbonyl (C=O) groups excluding carboxylic acids is 3. The zero-order chi connectivity index (χ0) is 29.0. The van der Waals surface area contributed by atoms with Gasteiger partial charge >= 0.3 is 29.6 Å². The molecule has 0 spiro atoms. The first-order valence-electron chi connectivity index (χ1n) is 13.1. The van der Waals surface area contributed by atoms with Gasteiger partial charge in [0.2, 0.25) is 5.91 Å². The summed E-state index contributed by atoms with van der Waals surface area (Å²) < 4.78 is 6.06. The van der Waals surface area contributed by atoms with Gasteiger partial charge in [0.05, 0.1) is 24.4 Å². The zero-order valence-electron chi connectivity index (χ0n) is 23.7. The fraction of sp³-hybridized carbons (Fsp3) is 0.483. The number of nitrogens with two attached hydrogens (primary N) is 1. The molecule has 9 nitrogen and oxygen atoms in total. The molecule has 4 atom stereocenters. The zero-order valence-corrected chi connectivity index (χ0v) is 26.5. The molecule has 1 fully saturated rings. The molecule has 5 N–H and O–H groups in total. The Balaban J connectivity index is 0.00000171. The van der Waals surface area contributed by atoms with E-state index in [2.05, 4.69) is 18.0 Å². The van der Waals surface area contributed by atoms with Gasteiger partial charge in [-0.3, -0.25) is 9.59 Å². The number of hydrogen-bond donors (Lipinski definition) is 4. The van der Waals surface area contributed by atoms with E-state index in [9.17, 15) is 19.8 Å². The van der Waals surface area contributed by atoms with Gasteiger partial charge in [-0.15, -0.1) is 0 Å². The Morgan fingerprint density at radius 1 is 1.15 bits per heavy atom. The van der Waals surface area contributed by atoms with Crippen molar-refractivity contribution in [2.45, 2.75) is 70.4 Å². The Hall–Kier alpha value is -1.92. The number of carbonyl (C=O) groups is 3. The van der Waals surface area contributed by atoms with E-state index in [0.717, 1.165) is 35.5 Å². The van der Waals surface area contributed by atoms with Crippen molar-refractivity contribution in [2.75, 3.05) is 18.1 Å². The molecule has 4 unspecified atom stereocenters. The summed E-state index contributed by atoms with van der Waals surface area (Å²) in [5.74, 6) is 1.71. The van der Waals surface area contributed by atoms with Crippen LogP contribution in [-0.2, 0) is 14.3 Å². The summed E-state index contributed by atoms with van der Waals surface area (Å²) in [5.41, 5.74) is 7.24. The maximum Gasteiger partial charge on any atom is 1.00 e. The van der Waals surface area contributed by atoms with Crippen LogP contribution < -0.4 is 45.7 Å². The van der Waals surface area contributed by atoms with Gasteiger partial charge in [0.15, 0.2) is 0 Å². The van der Waals surface area contributed by atoms with Crippen LogP contribution in [-0.4, -0.2) is 71.0 Å². The normalized spacial score (nSPS) is 18.4. The van der Waals surface area contributed by atoms with Gasteiger partial charge in [0.25, 0.3) is 5.91 Å². The Kier molecular flexibility index (Phi) is 21.6. The average Bonchev–Trinajstić information content (AvgIpc) is 2.91. The molecule has 2 amide bonds. The summed E-state index contributed by atoms with van der Waals surface area (Å²) in [7, 11) is 0. The van der Waals surface area contributed by atoms with Gasteiger partial charge in [0.1, 0.15) is 0 Å². The number of aliphatic hydroxyl groups excluding tert-OH is 2. The second-order valence-corrected chi connectivity index (χ2v) is 10.4. The minimum absolute atomic E-state index is 0. The van der Waals surface area contributed by atoms with Gasteiger partial charge in [-0.25, -0.2) is 0 Å². The summed E-state index contributed by atoms with van der Waals surface area (Å²) in [6.07, 6.45) is 1.89. The molecule has 1 aliphatic rings. The number of carboxylic acid groups (broad SMARTS) is 1. The number of primary amides is 1. The fourth-order valence-electron chi connectivity index (χ4n) is 4.08. The third-order valence-electron chi connectivity index (χ3n) is 5.83. The molecule has 216 valence electrons. The SMILES string of the molecule is CC(N)=O.CCSCCCC1CC(O)CC(C(O)CCNC(=O)c2ccc(-c3ccccc3)cc2)O1.O=C[O-].[Na+]. The van der Waals surface area contributed by atoms with Crippen molar-refractivity contribution in [1.29, 1.82) is 0 Å². The van der Waals surface area contributed by atoms with Crippen LogP contribution in [0.2, 0.25) is 0 Å². The molecule has 1 aliphatic heterocycles. The standard InChI is InChI=1S/C26H35NO4S.C2H5NO.CH2O2.Na/c1-2-32-16-6-9-23-17-22(28)18-25(31-23)24(29)14-15-27-26(30)21-12-10-20(11-13-21)19-7-4-3-5-8-19;1-2(3)4;2-1-3;/h3-5,7-8,10-13,22-25,28-29H,2,6,9,14-18H2,1H3,(H,27,30);1H3,(H2,3,4);1H,(H,2,3);/q;;;+1/p-1. The van der Waals surface area contributed by atoms with E-state index < -0.39 is 18.7 Å². The Bertz CT molecular complexity index is 963. The number of aliphatic hydroxyl groups is 2. The number of hydrogen-bond acceptors (Lipinski definition) is 8. The van der Waals surface area contributed by atoms with Gasteiger partial charge in [-0.2, -0.15) is 11.8 Å². The number of thioether (sulfide) groups is 1. The Morgan fingerprint density at radius 2 is 1.73 bits per heavy atom. The molecule has 2 aromatic carbocycles. The van der Waals surface area contributed by atoms with E-state index in [-0.39, 0.29) is 53.6 Å². The van der Waals surface area contributed by atoms with Crippen molar-refractivity contribution in [3.8, 4) is 11.1 Å². The van der Waals surface area contributed by atoms with Crippen LogP contribution in [0.25, 0.3) is 11.1 Å². The van der Waals surface area contributed by atoms with E-state index in [0.29, 0.717) is 31.4 Å². The predicted octanol–water partition coefficient (Wildman–Crippen LogP) is -0.862. The topological polar surface area (TPSA) is 162 Å². The number of rotatable bonds is 11.